The van der Waals surface area contributed by atoms with Crippen LogP contribution in [-0.4, -0.2) is 48.8 Å². The summed E-state index contributed by atoms with van der Waals surface area (Å²) < 4.78 is 26.6. The van der Waals surface area contributed by atoms with Crippen molar-refractivity contribution in [2.45, 2.75) is 65.8 Å². The highest BCUT2D eigenvalue weighted by atomic mass is 16.8. The Morgan fingerprint density at radius 1 is 1.04 bits per heavy atom. The Balaban J connectivity index is 2.83. The van der Waals surface area contributed by atoms with Gasteiger partial charge in [0.1, 0.15) is 18.8 Å². The molecule has 0 saturated carbocycles. The molecule has 1 unspecified atom stereocenters. The van der Waals surface area contributed by atoms with Gasteiger partial charge in [-0.05, 0) is 0 Å². The highest BCUT2D eigenvalue weighted by Crippen LogP contribution is 2.33. The van der Waals surface area contributed by atoms with Crippen LogP contribution in [0.15, 0.2) is 0 Å². The van der Waals surface area contributed by atoms with E-state index in [2.05, 4.69) is 0 Å². The number of carbonyl (C=O) groups excluding carboxylic acids is 3. The fourth-order valence-electron chi connectivity index (χ4n) is 2.34. The first-order valence-electron chi connectivity index (χ1n) is 7.35. The lowest BCUT2D eigenvalue weighted by Gasteiger charge is -2.31. The molecule has 8 heteroatoms. The standard InChI is InChI=1S/C15H24O8/c1-8-12(7-19-9(2)16)21-14(20-10(3)17)13(8)23-15(5,6)22-11(4)18/h8,12-14H,7H2,1-6H3/t8-,12-,13-,14?/m1/s1. The Labute approximate surface area is 135 Å². The summed E-state index contributed by atoms with van der Waals surface area (Å²) >= 11 is 0. The van der Waals surface area contributed by atoms with Gasteiger partial charge < -0.3 is 23.7 Å². The zero-order valence-electron chi connectivity index (χ0n) is 14.3. The van der Waals surface area contributed by atoms with E-state index in [1.54, 1.807) is 13.8 Å². The first kappa shape index (κ1) is 19.4. The summed E-state index contributed by atoms with van der Waals surface area (Å²) in [6.07, 6.45) is -2.15. The molecule has 0 N–H and O–H groups in total. The summed E-state index contributed by atoms with van der Waals surface area (Å²) in [6.45, 7) is 8.79. The molecule has 1 heterocycles. The van der Waals surface area contributed by atoms with Gasteiger partial charge in [-0.3, -0.25) is 14.4 Å². The average Bonchev–Trinajstić information content (AvgIpc) is 2.62. The van der Waals surface area contributed by atoms with Gasteiger partial charge in [-0.1, -0.05) is 6.92 Å². The fraction of sp³-hybridized carbons (Fsp3) is 0.800. The molecular formula is C15H24O8. The minimum atomic E-state index is -1.22. The maximum Gasteiger partial charge on any atom is 0.305 e. The van der Waals surface area contributed by atoms with E-state index in [9.17, 15) is 14.4 Å². The molecule has 1 aliphatic heterocycles. The lowest BCUT2D eigenvalue weighted by atomic mass is 10.0. The third kappa shape index (κ3) is 6.15. The zero-order chi connectivity index (χ0) is 17.8. The monoisotopic (exact) mass is 332 g/mol. The van der Waals surface area contributed by atoms with Crippen LogP contribution in [0.5, 0.6) is 0 Å². The maximum atomic E-state index is 11.2. The van der Waals surface area contributed by atoms with Crippen LogP contribution < -0.4 is 0 Å². The first-order chi connectivity index (χ1) is 10.5. The third-order valence-electron chi connectivity index (χ3n) is 3.22. The van der Waals surface area contributed by atoms with Crippen molar-refractivity contribution in [3.05, 3.63) is 0 Å². The van der Waals surface area contributed by atoms with Crippen LogP contribution in [0, 0.1) is 5.92 Å². The normalized spacial score (nSPS) is 27.4. The highest BCUT2D eigenvalue weighted by molar-refractivity contribution is 5.66. The van der Waals surface area contributed by atoms with Gasteiger partial charge in [0, 0.05) is 40.5 Å². The smallest absolute Gasteiger partial charge is 0.305 e. The minimum absolute atomic E-state index is 0.0160. The second kappa shape index (κ2) is 7.74. The predicted molar refractivity (Wildman–Crippen MR) is 76.9 cm³/mol. The molecule has 0 aromatic heterocycles. The Morgan fingerprint density at radius 3 is 2.13 bits per heavy atom. The second-order valence-electron chi connectivity index (χ2n) is 5.89. The van der Waals surface area contributed by atoms with Crippen molar-refractivity contribution in [3.8, 4) is 0 Å². The lowest BCUT2D eigenvalue weighted by Crippen LogP contribution is -2.42. The molecule has 0 radical (unpaired) electrons. The van der Waals surface area contributed by atoms with E-state index in [4.69, 9.17) is 23.7 Å². The van der Waals surface area contributed by atoms with Gasteiger partial charge in [0.2, 0.25) is 12.1 Å². The SMILES string of the molecule is CC(=O)OC[C@H]1OC(OC(C)=O)[C@H](OC(C)(C)OC(C)=O)[C@@H]1C. The number of esters is 3. The van der Waals surface area contributed by atoms with Crippen LogP contribution in [0.3, 0.4) is 0 Å². The molecule has 0 amide bonds. The van der Waals surface area contributed by atoms with E-state index in [0.29, 0.717) is 0 Å². The molecule has 1 aliphatic rings. The minimum Gasteiger partial charge on any atom is -0.463 e. The van der Waals surface area contributed by atoms with Gasteiger partial charge in [-0.25, -0.2) is 0 Å². The molecule has 1 saturated heterocycles. The molecular weight excluding hydrogens is 308 g/mol. The second-order valence-corrected chi connectivity index (χ2v) is 5.89. The first-order valence-corrected chi connectivity index (χ1v) is 7.35. The molecule has 23 heavy (non-hydrogen) atoms. The molecule has 132 valence electrons. The molecule has 1 fully saturated rings. The number of rotatable bonds is 6. The fourth-order valence-corrected chi connectivity index (χ4v) is 2.34. The van der Waals surface area contributed by atoms with E-state index in [1.165, 1.54) is 20.8 Å². The Morgan fingerprint density at radius 2 is 1.65 bits per heavy atom. The van der Waals surface area contributed by atoms with Gasteiger partial charge in [0.25, 0.3) is 0 Å². The van der Waals surface area contributed by atoms with Crippen LogP contribution >= 0.6 is 0 Å². The third-order valence-corrected chi connectivity index (χ3v) is 3.22. The lowest BCUT2D eigenvalue weighted by molar-refractivity contribution is -0.262. The van der Waals surface area contributed by atoms with Crippen molar-refractivity contribution >= 4 is 17.9 Å². The topological polar surface area (TPSA) is 97.4 Å². The molecule has 0 aromatic carbocycles. The summed E-state index contributed by atoms with van der Waals surface area (Å²) in [4.78, 5) is 33.3. The summed E-state index contributed by atoms with van der Waals surface area (Å²) in [5.41, 5.74) is 0. The average molecular weight is 332 g/mol. The van der Waals surface area contributed by atoms with Gasteiger partial charge in [-0.2, -0.15) is 0 Å². The predicted octanol–water partition coefficient (Wildman–Crippen LogP) is 1.16. The molecule has 8 nitrogen and oxygen atoms in total. The van der Waals surface area contributed by atoms with Crippen LogP contribution in [0.1, 0.15) is 41.5 Å². The molecule has 4 atom stereocenters. The summed E-state index contributed by atoms with van der Waals surface area (Å²) in [5, 5.41) is 0. The van der Waals surface area contributed by atoms with Gasteiger partial charge >= 0.3 is 17.9 Å². The molecule has 0 aliphatic carbocycles. The summed E-state index contributed by atoms with van der Waals surface area (Å²) in [5.74, 6) is -2.94. The van der Waals surface area contributed by atoms with Crippen molar-refractivity contribution in [2.75, 3.05) is 6.61 Å². The van der Waals surface area contributed by atoms with Crippen molar-refractivity contribution in [1.29, 1.82) is 0 Å². The molecule has 0 spiro atoms. The van der Waals surface area contributed by atoms with Crippen molar-refractivity contribution in [1.82, 2.24) is 0 Å². The number of hydrogen-bond acceptors (Lipinski definition) is 8. The summed E-state index contributed by atoms with van der Waals surface area (Å²) in [6, 6.07) is 0. The highest BCUT2D eigenvalue weighted by Gasteiger charge is 2.48. The Kier molecular flexibility index (Phi) is 6.52. The van der Waals surface area contributed by atoms with E-state index in [0.717, 1.165) is 0 Å². The largest absolute Gasteiger partial charge is 0.463 e. The van der Waals surface area contributed by atoms with Crippen molar-refractivity contribution < 1.29 is 38.1 Å². The molecule has 0 bridgehead atoms. The Hall–Kier alpha value is -1.67. The maximum absolute atomic E-state index is 11.2. The van der Waals surface area contributed by atoms with E-state index in [-0.39, 0.29) is 12.5 Å². The summed E-state index contributed by atoms with van der Waals surface area (Å²) in [7, 11) is 0. The van der Waals surface area contributed by atoms with E-state index in [1.807, 2.05) is 6.92 Å². The van der Waals surface area contributed by atoms with Crippen LogP contribution in [0.25, 0.3) is 0 Å². The number of ether oxygens (including phenoxy) is 5. The van der Waals surface area contributed by atoms with Crippen molar-refractivity contribution in [3.63, 3.8) is 0 Å². The van der Waals surface area contributed by atoms with Crippen molar-refractivity contribution in [2.24, 2.45) is 5.92 Å². The number of carbonyl (C=O) groups is 3. The van der Waals surface area contributed by atoms with Crippen LogP contribution in [-0.2, 0) is 38.1 Å². The van der Waals surface area contributed by atoms with Crippen LogP contribution in [0.4, 0.5) is 0 Å². The van der Waals surface area contributed by atoms with Gasteiger partial charge in [0.05, 0.1) is 0 Å². The zero-order valence-corrected chi connectivity index (χ0v) is 14.3. The van der Waals surface area contributed by atoms with E-state index < -0.39 is 42.2 Å². The van der Waals surface area contributed by atoms with Gasteiger partial charge in [0.15, 0.2) is 0 Å². The molecule has 0 aromatic rings. The van der Waals surface area contributed by atoms with E-state index >= 15 is 0 Å². The number of hydrogen-bond donors (Lipinski definition) is 0. The van der Waals surface area contributed by atoms with Crippen LogP contribution in [0.2, 0.25) is 0 Å². The Bertz CT molecular complexity index is 458. The quantitative estimate of drug-likeness (QED) is 0.406. The molecule has 1 rings (SSSR count). The van der Waals surface area contributed by atoms with Gasteiger partial charge in [-0.15, -0.1) is 0 Å².